The molecule has 23 heavy (non-hydrogen) atoms. The maximum absolute atomic E-state index is 12.4. The smallest absolute Gasteiger partial charge is 0.251 e. The summed E-state index contributed by atoms with van der Waals surface area (Å²) in [6, 6.07) is 11.7. The summed E-state index contributed by atoms with van der Waals surface area (Å²) in [6.07, 6.45) is 4.82. The first-order valence-corrected chi connectivity index (χ1v) is 9.16. The molecule has 1 aliphatic rings. The molecule has 1 saturated carbocycles. The first-order chi connectivity index (χ1) is 11.2. The zero-order valence-corrected chi connectivity index (χ0v) is 14.3. The van der Waals surface area contributed by atoms with E-state index in [0.29, 0.717) is 12.2 Å². The van der Waals surface area contributed by atoms with Crippen molar-refractivity contribution in [3.63, 3.8) is 0 Å². The largest absolute Gasteiger partial charge is 0.494 e. The van der Waals surface area contributed by atoms with Crippen LogP contribution in [0.1, 0.15) is 47.8 Å². The molecule has 1 aliphatic carbocycles. The van der Waals surface area contributed by atoms with Gasteiger partial charge in [0.2, 0.25) is 0 Å². The summed E-state index contributed by atoms with van der Waals surface area (Å²) < 4.78 is 5.42. The van der Waals surface area contributed by atoms with E-state index in [1.807, 2.05) is 31.2 Å². The Morgan fingerprint density at radius 3 is 2.57 bits per heavy atom. The van der Waals surface area contributed by atoms with Crippen LogP contribution in [0.2, 0.25) is 0 Å². The highest BCUT2D eigenvalue weighted by Gasteiger charge is 2.36. The van der Waals surface area contributed by atoms with Gasteiger partial charge in [-0.15, -0.1) is 11.3 Å². The minimum atomic E-state index is -0.00382. The highest BCUT2D eigenvalue weighted by atomic mass is 32.1. The van der Waals surface area contributed by atoms with Gasteiger partial charge in [0, 0.05) is 22.4 Å². The fraction of sp³-hybridized carbons (Fsp3) is 0.421. The van der Waals surface area contributed by atoms with Crippen LogP contribution in [-0.2, 0) is 5.41 Å². The minimum absolute atomic E-state index is 0.00382. The van der Waals surface area contributed by atoms with Crippen LogP contribution in [0.5, 0.6) is 5.75 Å². The number of nitrogens with one attached hydrogen (secondary N) is 1. The highest BCUT2D eigenvalue weighted by Crippen LogP contribution is 2.42. The molecule has 1 heterocycles. The van der Waals surface area contributed by atoms with E-state index in [1.165, 1.54) is 17.7 Å². The van der Waals surface area contributed by atoms with Crippen LogP contribution in [0.4, 0.5) is 0 Å². The Hall–Kier alpha value is -1.81. The standard InChI is InChI=1S/C19H23NO2S/c1-2-22-16-9-7-15(8-10-16)18(21)20-14-19(11-3-4-12-19)17-6-5-13-23-17/h5-10,13H,2-4,11-12,14H2,1H3,(H,20,21). The fourth-order valence-corrected chi connectivity index (χ4v) is 4.35. The summed E-state index contributed by atoms with van der Waals surface area (Å²) >= 11 is 1.81. The lowest BCUT2D eigenvalue weighted by molar-refractivity contribution is 0.0943. The molecule has 0 saturated heterocycles. The van der Waals surface area contributed by atoms with Gasteiger partial charge in [0.15, 0.2) is 0 Å². The van der Waals surface area contributed by atoms with Gasteiger partial charge < -0.3 is 10.1 Å². The number of rotatable bonds is 6. The van der Waals surface area contributed by atoms with Crippen LogP contribution in [0.15, 0.2) is 41.8 Å². The molecule has 0 radical (unpaired) electrons. The van der Waals surface area contributed by atoms with Crippen molar-refractivity contribution in [1.29, 1.82) is 0 Å². The number of carbonyl (C=O) groups is 1. The van der Waals surface area contributed by atoms with Gasteiger partial charge in [0.1, 0.15) is 5.75 Å². The molecular formula is C19H23NO2S. The second-order valence-electron chi connectivity index (χ2n) is 6.10. The minimum Gasteiger partial charge on any atom is -0.494 e. The van der Waals surface area contributed by atoms with Gasteiger partial charge >= 0.3 is 0 Å². The van der Waals surface area contributed by atoms with Crippen molar-refractivity contribution in [2.24, 2.45) is 0 Å². The number of carbonyl (C=O) groups excluding carboxylic acids is 1. The first-order valence-electron chi connectivity index (χ1n) is 8.28. The topological polar surface area (TPSA) is 38.3 Å². The van der Waals surface area contributed by atoms with E-state index in [0.717, 1.165) is 25.1 Å². The van der Waals surface area contributed by atoms with E-state index in [2.05, 4.69) is 22.8 Å². The summed E-state index contributed by atoms with van der Waals surface area (Å²) in [6.45, 7) is 3.31. The number of amides is 1. The van der Waals surface area contributed by atoms with Crippen LogP contribution in [-0.4, -0.2) is 19.1 Å². The molecule has 2 aromatic rings. The molecule has 1 fully saturated rings. The van der Waals surface area contributed by atoms with Crippen LogP contribution in [0.25, 0.3) is 0 Å². The van der Waals surface area contributed by atoms with Crippen LogP contribution in [0.3, 0.4) is 0 Å². The van der Waals surface area contributed by atoms with E-state index in [-0.39, 0.29) is 11.3 Å². The maximum atomic E-state index is 12.4. The first kappa shape index (κ1) is 16.1. The third kappa shape index (κ3) is 3.58. The van der Waals surface area contributed by atoms with Crippen molar-refractivity contribution >= 4 is 17.2 Å². The Kier molecular flexibility index (Phi) is 5.01. The SMILES string of the molecule is CCOc1ccc(C(=O)NCC2(c3cccs3)CCCC2)cc1. The average molecular weight is 329 g/mol. The lowest BCUT2D eigenvalue weighted by atomic mass is 9.84. The number of benzene rings is 1. The zero-order valence-electron chi connectivity index (χ0n) is 13.5. The van der Waals surface area contributed by atoms with Gasteiger partial charge in [-0.05, 0) is 55.5 Å². The Labute approximate surface area is 141 Å². The van der Waals surface area contributed by atoms with E-state index in [9.17, 15) is 4.79 Å². The van der Waals surface area contributed by atoms with Crippen LogP contribution < -0.4 is 10.1 Å². The Morgan fingerprint density at radius 2 is 1.96 bits per heavy atom. The van der Waals surface area contributed by atoms with Crippen molar-refractivity contribution in [2.45, 2.75) is 38.0 Å². The Bertz CT molecular complexity index is 628. The van der Waals surface area contributed by atoms with Crippen molar-refractivity contribution in [3.8, 4) is 5.75 Å². The zero-order chi connectivity index (χ0) is 16.1. The molecule has 0 atom stereocenters. The highest BCUT2D eigenvalue weighted by molar-refractivity contribution is 7.10. The quantitative estimate of drug-likeness (QED) is 0.853. The van der Waals surface area contributed by atoms with E-state index >= 15 is 0 Å². The molecule has 0 aliphatic heterocycles. The molecule has 3 rings (SSSR count). The van der Waals surface area contributed by atoms with Gasteiger partial charge in [-0.3, -0.25) is 4.79 Å². The van der Waals surface area contributed by atoms with Gasteiger partial charge in [-0.2, -0.15) is 0 Å². The van der Waals surface area contributed by atoms with Gasteiger partial charge in [-0.1, -0.05) is 18.9 Å². The Balaban J connectivity index is 1.65. The fourth-order valence-electron chi connectivity index (χ4n) is 3.36. The lowest BCUT2D eigenvalue weighted by Gasteiger charge is -2.28. The summed E-state index contributed by atoms with van der Waals surface area (Å²) in [5.74, 6) is 0.797. The second kappa shape index (κ2) is 7.18. The monoisotopic (exact) mass is 329 g/mol. The molecule has 3 nitrogen and oxygen atoms in total. The van der Waals surface area contributed by atoms with Crippen molar-refractivity contribution < 1.29 is 9.53 Å². The molecule has 1 aromatic carbocycles. The van der Waals surface area contributed by atoms with E-state index < -0.39 is 0 Å². The molecule has 4 heteroatoms. The number of thiophene rings is 1. The molecule has 0 unspecified atom stereocenters. The summed E-state index contributed by atoms with van der Waals surface area (Å²) in [4.78, 5) is 13.8. The number of hydrogen-bond donors (Lipinski definition) is 1. The average Bonchev–Trinajstić information content (AvgIpc) is 3.26. The molecule has 1 aromatic heterocycles. The van der Waals surface area contributed by atoms with Crippen molar-refractivity contribution in [1.82, 2.24) is 5.32 Å². The summed E-state index contributed by atoms with van der Waals surface area (Å²) in [5, 5.41) is 5.28. The second-order valence-corrected chi connectivity index (χ2v) is 7.05. The predicted molar refractivity (Wildman–Crippen MR) is 94.4 cm³/mol. The Morgan fingerprint density at radius 1 is 1.22 bits per heavy atom. The van der Waals surface area contributed by atoms with Crippen molar-refractivity contribution in [2.75, 3.05) is 13.2 Å². The lowest BCUT2D eigenvalue weighted by Crippen LogP contribution is -2.38. The normalized spacial score (nSPS) is 16.2. The molecule has 1 N–H and O–H groups in total. The number of ether oxygens (including phenoxy) is 1. The molecule has 0 bridgehead atoms. The molecule has 1 amide bonds. The molecule has 0 spiro atoms. The summed E-state index contributed by atoms with van der Waals surface area (Å²) in [5.41, 5.74) is 0.822. The van der Waals surface area contributed by atoms with E-state index in [4.69, 9.17) is 4.74 Å². The predicted octanol–water partition coefficient (Wildman–Crippen LogP) is 4.39. The summed E-state index contributed by atoms with van der Waals surface area (Å²) in [7, 11) is 0. The number of hydrogen-bond acceptors (Lipinski definition) is 3. The van der Waals surface area contributed by atoms with Crippen molar-refractivity contribution in [3.05, 3.63) is 52.2 Å². The molecular weight excluding hydrogens is 306 g/mol. The van der Waals surface area contributed by atoms with Gasteiger partial charge in [0.05, 0.1) is 6.61 Å². The van der Waals surface area contributed by atoms with Crippen LogP contribution >= 0.6 is 11.3 Å². The van der Waals surface area contributed by atoms with Gasteiger partial charge in [-0.25, -0.2) is 0 Å². The third-order valence-electron chi connectivity index (χ3n) is 4.62. The maximum Gasteiger partial charge on any atom is 0.251 e. The van der Waals surface area contributed by atoms with E-state index in [1.54, 1.807) is 11.3 Å². The third-order valence-corrected chi connectivity index (χ3v) is 5.74. The van der Waals surface area contributed by atoms with Crippen LogP contribution in [0, 0.1) is 0 Å². The van der Waals surface area contributed by atoms with Gasteiger partial charge in [0.25, 0.3) is 5.91 Å². The molecule has 122 valence electrons.